The summed E-state index contributed by atoms with van der Waals surface area (Å²) in [5.41, 5.74) is 5.83. The monoisotopic (exact) mass is 212 g/mol. The number of rotatable bonds is 1. The Kier molecular flexibility index (Phi) is 2.42. The third-order valence-electron chi connectivity index (χ3n) is 3.43. The van der Waals surface area contributed by atoms with Gasteiger partial charge in [0, 0.05) is 18.6 Å². The van der Waals surface area contributed by atoms with Crippen LogP contribution in [0.15, 0.2) is 0 Å². The third-order valence-corrected chi connectivity index (χ3v) is 3.43. The summed E-state index contributed by atoms with van der Waals surface area (Å²) in [5, 5.41) is 0. The van der Waals surface area contributed by atoms with Crippen LogP contribution in [0.4, 0.5) is 0 Å². The molecule has 15 heavy (non-hydrogen) atoms. The number of hydrogen-bond donors (Lipinski definition) is 1. The molecule has 0 aromatic carbocycles. The largest absolute Gasteiger partial charge is 0.459 e. The fraction of sp³-hybridized carbons (Fsp3) is 0.800. The molecule has 84 valence electrons. The van der Waals surface area contributed by atoms with E-state index in [1.807, 2.05) is 0 Å². The van der Waals surface area contributed by atoms with E-state index in [-0.39, 0.29) is 12.1 Å². The van der Waals surface area contributed by atoms with Crippen molar-refractivity contribution in [2.75, 3.05) is 19.7 Å². The maximum absolute atomic E-state index is 11.6. The van der Waals surface area contributed by atoms with Gasteiger partial charge >= 0.3 is 11.9 Å². The molecule has 0 radical (unpaired) electrons. The number of likely N-dealkylation sites (tertiary alicyclic amines) is 1. The van der Waals surface area contributed by atoms with Gasteiger partial charge in [0.2, 0.25) is 0 Å². The average molecular weight is 212 g/mol. The molecule has 1 aliphatic carbocycles. The van der Waals surface area contributed by atoms with Gasteiger partial charge in [0.25, 0.3) is 0 Å². The summed E-state index contributed by atoms with van der Waals surface area (Å²) in [5.74, 6) is -0.936. The summed E-state index contributed by atoms with van der Waals surface area (Å²) in [6, 6.07) is 0. The lowest BCUT2D eigenvalue weighted by Gasteiger charge is -2.39. The lowest BCUT2D eigenvalue weighted by atomic mass is 9.70. The van der Waals surface area contributed by atoms with Gasteiger partial charge < -0.3 is 15.4 Å². The van der Waals surface area contributed by atoms with Gasteiger partial charge in [-0.2, -0.15) is 0 Å². The van der Waals surface area contributed by atoms with E-state index in [1.54, 1.807) is 6.92 Å². The normalized spacial score (nSPS) is 33.2. The Morgan fingerprint density at radius 2 is 2.33 bits per heavy atom. The Bertz CT molecular complexity index is 305. The molecular formula is C10H16N2O3. The molecular weight excluding hydrogens is 196 g/mol. The second-order valence-corrected chi connectivity index (χ2v) is 4.37. The van der Waals surface area contributed by atoms with Gasteiger partial charge in [-0.1, -0.05) is 0 Å². The molecule has 1 heterocycles. The smallest absolute Gasteiger partial charge is 0.397 e. The molecule has 1 aliphatic heterocycles. The molecule has 2 aliphatic rings. The first-order chi connectivity index (χ1) is 7.07. The minimum atomic E-state index is -0.762. The van der Waals surface area contributed by atoms with Gasteiger partial charge in [0.15, 0.2) is 0 Å². The molecule has 1 saturated heterocycles. The topological polar surface area (TPSA) is 72.6 Å². The van der Waals surface area contributed by atoms with Crippen molar-refractivity contribution in [2.45, 2.75) is 25.3 Å². The number of ether oxygens (including phenoxy) is 1. The second-order valence-electron chi connectivity index (χ2n) is 4.37. The molecule has 0 aromatic heterocycles. The highest BCUT2D eigenvalue weighted by molar-refractivity contribution is 6.32. The summed E-state index contributed by atoms with van der Waals surface area (Å²) >= 11 is 0. The first-order valence-electron chi connectivity index (χ1n) is 5.32. The lowest BCUT2D eigenvalue weighted by Crippen LogP contribution is -2.55. The predicted molar refractivity (Wildman–Crippen MR) is 52.9 cm³/mol. The van der Waals surface area contributed by atoms with Crippen molar-refractivity contribution in [1.82, 2.24) is 4.90 Å². The van der Waals surface area contributed by atoms with E-state index in [2.05, 4.69) is 4.74 Å². The van der Waals surface area contributed by atoms with Crippen LogP contribution in [0.25, 0.3) is 0 Å². The van der Waals surface area contributed by atoms with Gasteiger partial charge in [0.05, 0.1) is 6.61 Å². The van der Waals surface area contributed by atoms with E-state index in [4.69, 9.17) is 5.73 Å². The van der Waals surface area contributed by atoms with Crippen LogP contribution in [0.1, 0.15) is 19.8 Å². The van der Waals surface area contributed by atoms with Crippen LogP contribution in [-0.4, -0.2) is 42.0 Å². The number of nitrogens with zero attached hydrogens (tertiary/aromatic N) is 1. The predicted octanol–water partition coefficient (Wildman–Crippen LogP) is -0.501. The van der Waals surface area contributed by atoms with E-state index in [0.29, 0.717) is 19.0 Å². The molecule has 2 fully saturated rings. The highest BCUT2D eigenvalue weighted by Crippen LogP contribution is 2.42. The van der Waals surface area contributed by atoms with E-state index < -0.39 is 11.9 Å². The molecule has 0 bridgehead atoms. The summed E-state index contributed by atoms with van der Waals surface area (Å²) in [6.07, 6.45) is 2.01. The van der Waals surface area contributed by atoms with Gasteiger partial charge in [0.1, 0.15) is 0 Å². The summed E-state index contributed by atoms with van der Waals surface area (Å²) in [6.45, 7) is 3.02. The highest BCUT2D eigenvalue weighted by atomic mass is 16.5. The summed E-state index contributed by atoms with van der Waals surface area (Å²) in [4.78, 5) is 24.3. The molecule has 5 heteroatoms. The first kappa shape index (κ1) is 10.4. The molecule has 2 N–H and O–H groups in total. The maximum atomic E-state index is 11.6. The van der Waals surface area contributed by atoms with Crippen LogP contribution in [0.2, 0.25) is 0 Å². The standard InChI is InChI=1S/C10H16N2O3/c1-2-15-9(14)8(13)12-5-7-3-4-10(7,11)6-12/h7H,2-6,11H2,1H3. The van der Waals surface area contributed by atoms with Crippen LogP contribution < -0.4 is 5.73 Å². The number of esters is 1. The third kappa shape index (κ3) is 1.61. The zero-order valence-electron chi connectivity index (χ0n) is 8.86. The lowest BCUT2D eigenvalue weighted by molar-refractivity contribution is -0.159. The van der Waals surface area contributed by atoms with Gasteiger partial charge in [-0.3, -0.25) is 4.79 Å². The summed E-state index contributed by atoms with van der Waals surface area (Å²) < 4.78 is 4.67. The van der Waals surface area contributed by atoms with Crippen molar-refractivity contribution in [1.29, 1.82) is 0 Å². The fourth-order valence-electron chi connectivity index (χ4n) is 2.36. The Morgan fingerprint density at radius 3 is 2.73 bits per heavy atom. The fourth-order valence-corrected chi connectivity index (χ4v) is 2.36. The molecule has 2 unspecified atom stereocenters. The van der Waals surface area contributed by atoms with Crippen molar-refractivity contribution in [3.63, 3.8) is 0 Å². The highest BCUT2D eigenvalue weighted by Gasteiger charge is 2.52. The minimum absolute atomic E-state index is 0.232. The molecule has 2 rings (SSSR count). The molecule has 0 spiro atoms. The minimum Gasteiger partial charge on any atom is -0.459 e. The van der Waals surface area contributed by atoms with Crippen LogP contribution in [0.5, 0.6) is 0 Å². The number of carbonyl (C=O) groups is 2. The van der Waals surface area contributed by atoms with Crippen molar-refractivity contribution < 1.29 is 14.3 Å². The number of fused-ring (bicyclic) bond motifs is 1. The van der Waals surface area contributed by atoms with E-state index in [1.165, 1.54) is 4.90 Å². The van der Waals surface area contributed by atoms with Crippen LogP contribution >= 0.6 is 0 Å². The Balaban J connectivity index is 1.96. The van der Waals surface area contributed by atoms with Gasteiger partial charge in [-0.05, 0) is 25.7 Å². The van der Waals surface area contributed by atoms with Gasteiger partial charge in [-0.15, -0.1) is 0 Å². The van der Waals surface area contributed by atoms with E-state index >= 15 is 0 Å². The van der Waals surface area contributed by atoms with E-state index in [9.17, 15) is 9.59 Å². The second kappa shape index (κ2) is 3.48. The van der Waals surface area contributed by atoms with Crippen molar-refractivity contribution >= 4 is 11.9 Å². The quantitative estimate of drug-likeness (QED) is 0.470. The molecule has 1 amide bonds. The Hall–Kier alpha value is -1.10. The van der Waals surface area contributed by atoms with Crippen LogP contribution in [0.3, 0.4) is 0 Å². The van der Waals surface area contributed by atoms with Crippen molar-refractivity contribution in [3.05, 3.63) is 0 Å². The molecule has 0 aromatic rings. The van der Waals surface area contributed by atoms with Crippen LogP contribution in [-0.2, 0) is 14.3 Å². The van der Waals surface area contributed by atoms with Gasteiger partial charge in [-0.25, -0.2) is 4.79 Å². The van der Waals surface area contributed by atoms with Crippen LogP contribution in [0, 0.1) is 5.92 Å². The average Bonchev–Trinajstić information content (AvgIpc) is 2.42. The van der Waals surface area contributed by atoms with E-state index in [0.717, 1.165) is 12.8 Å². The number of hydrogen-bond acceptors (Lipinski definition) is 4. The first-order valence-corrected chi connectivity index (χ1v) is 5.32. The van der Waals surface area contributed by atoms with Crippen molar-refractivity contribution in [3.8, 4) is 0 Å². The SMILES string of the molecule is CCOC(=O)C(=O)N1CC2CCC2(N)C1. The molecule has 5 nitrogen and oxygen atoms in total. The zero-order valence-corrected chi connectivity index (χ0v) is 8.86. The maximum Gasteiger partial charge on any atom is 0.397 e. The zero-order chi connectivity index (χ0) is 11.1. The Labute approximate surface area is 88.5 Å². The number of carbonyl (C=O) groups excluding carboxylic acids is 2. The number of amides is 1. The molecule has 1 saturated carbocycles. The van der Waals surface area contributed by atoms with Crippen molar-refractivity contribution in [2.24, 2.45) is 11.7 Å². The number of nitrogens with two attached hydrogens (primary N) is 1. The summed E-state index contributed by atoms with van der Waals surface area (Å²) in [7, 11) is 0. The Morgan fingerprint density at radius 1 is 1.60 bits per heavy atom. The molecule has 2 atom stereocenters.